The average molecular weight is 232 g/mol. The van der Waals surface area contributed by atoms with E-state index in [1.54, 1.807) is 6.08 Å². The van der Waals surface area contributed by atoms with Crippen LogP contribution in [0.25, 0.3) is 0 Å². The summed E-state index contributed by atoms with van der Waals surface area (Å²) >= 11 is 0. The first-order valence-corrected chi connectivity index (χ1v) is 5.70. The van der Waals surface area contributed by atoms with Crippen molar-refractivity contribution >= 4 is 11.6 Å². The molecule has 0 fully saturated rings. The Hall–Kier alpha value is -1.77. The molecule has 0 unspecified atom stereocenters. The van der Waals surface area contributed by atoms with Gasteiger partial charge in [0.05, 0.1) is 6.54 Å². The van der Waals surface area contributed by atoms with E-state index in [0.717, 1.165) is 5.69 Å². The Labute approximate surface area is 103 Å². The van der Waals surface area contributed by atoms with E-state index in [1.807, 2.05) is 18.9 Å². The highest BCUT2D eigenvalue weighted by atomic mass is 16.2. The van der Waals surface area contributed by atoms with E-state index < -0.39 is 0 Å². The maximum Gasteiger partial charge on any atom is 0.239 e. The summed E-state index contributed by atoms with van der Waals surface area (Å²) in [6, 6.07) is 6.24. The fraction of sp³-hybridized carbons (Fsp3) is 0.357. The van der Waals surface area contributed by atoms with Gasteiger partial charge < -0.3 is 10.2 Å². The Morgan fingerprint density at radius 2 is 2.18 bits per heavy atom. The minimum absolute atomic E-state index is 0.00769. The quantitative estimate of drug-likeness (QED) is 0.788. The molecule has 0 radical (unpaired) electrons. The summed E-state index contributed by atoms with van der Waals surface area (Å²) < 4.78 is 0. The lowest BCUT2D eigenvalue weighted by molar-refractivity contribution is -0.119. The predicted molar refractivity (Wildman–Crippen MR) is 72.4 cm³/mol. The Kier molecular flexibility index (Phi) is 4.76. The van der Waals surface area contributed by atoms with Crippen molar-refractivity contribution in [2.75, 3.05) is 25.0 Å². The highest BCUT2D eigenvalue weighted by Crippen LogP contribution is 2.19. The van der Waals surface area contributed by atoms with Gasteiger partial charge >= 0.3 is 0 Å². The van der Waals surface area contributed by atoms with Crippen molar-refractivity contribution in [3.8, 4) is 0 Å². The normalized spacial score (nSPS) is 9.82. The molecule has 1 amide bonds. The number of carbonyl (C=O) groups excluding carboxylic acids is 1. The first-order valence-electron chi connectivity index (χ1n) is 5.70. The SMILES string of the molecule is C=CCNC(=O)CN(C)c1cc(C)ccc1C. The van der Waals surface area contributed by atoms with Crippen molar-refractivity contribution in [1.82, 2.24) is 5.32 Å². The van der Waals surface area contributed by atoms with Gasteiger partial charge in [-0.1, -0.05) is 18.2 Å². The molecular weight excluding hydrogens is 212 g/mol. The van der Waals surface area contributed by atoms with Gasteiger partial charge in [0.25, 0.3) is 0 Å². The Balaban J connectivity index is 2.69. The predicted octanol–water partition coefficient (Wildman–Crippen LogP) is 2.04. The number of nitrogens with one attached hydrogen (secondary N) is 1. The number of nitrogens with zero attached hydrogens (tertiary/aromatic N) is 1. The van der Waals surface area contributed by atoms with E-state index in [4.69, 9.17) is 0 Å². The fourth-order valence-corrected chi connectivity index (χ4v) is 1.67. The van der Waals surface area contributed by atoms with E-state index >= 15 is 0 Å². The first kappa shape index (κ1) is 13.3. The van der Waals surface area contributed by atoms with Crippen molar-refractivity contribution < 1.29 is 4.79 Å². The van der Waals surface area contributed by atoms with Gasteiger partial charge in [0.1, 0.15) is 0 Å². The minimum Gasteiger partial charge on any atom is -0.365 e. The van der Waals surface area contributed by atoms with E-state index in [1.165, 1.54) is 11.1 Å². The lowest BCUT2D eigenvalue weighted by Crippen LogP contribution is -2.35. The van der Waals surface area contributed by atoms with Crippen LogP contribution in [0.3, 0.4) is 0 Å². The summed E-state index contributed by atoms with van der Waals surface area (Å²) in [4.78, 5) is 13.5. The van der Waals surface area contributed by atoms with Crippen LogP contribution in [0.15, 0.2) is 30.9 Å². The van der Waals surface area contributed by atoms with Crippen LogP contribution in [0, 0.1) is 13.8 Å². The molecule has 92 valence electrons. The maximum absolute atomic E-state index is 11.6. The smallest absolute Gasteiger partial charge is 0.239 e. The summed E-state index contributed by atoms with van der Waals surface area (Å²) in [6.07, 6.45) is 1.68. The fourth-order valence-electron chi connectivity index (χ4n) is 1.67. The lowest BCUT2D eigenvalue weighted by Gasteiger charge is -2.21. The van der Waals surface area contributed by atoms with Crippen LogP contribution in [0.2, 0.25) is 0 Å². The minimum atomic E-state index is 0.00769. The molecular formula is C14H20N2O. The molecule has 0 aromatic heterocycles. The molecule has 0 spiro atoms. The Morgan fingerprint density at radius 3 is 2.82 bits per heavy atom. The van der Waals surface area contributed by atoms with Crippen LogP contribution in [0.1, 0.15) is 11.1 Å². The number of likely N-dealkylation sites (N-methyl/N-ethyl adjacent to an activating group) is 1. The van der Waals surface area contributed by atoms with Gasteiger partial charge in [-0.15, -0.1) is 6.58 Å². The summed E-state index contributed by atoms with van der Waals surface area (Å²) in [5, 5.41) is 2.77. The molecule has 1 aromatic rings. The average Bonchev–Trinajstić information content (AvgIpc) is 2.29. The highest BCUT2D eigenvalue weighted by molar-refractivity contribution is 5.81. The van der Waals surface area contributed by atoms with Gasteiger partial charge in [0.2, 0.25) is 5.91 Å². The van der Waals surface area contributed by atoms with Gasteiger partial charge in [-0.05, 0) is 31.0 Å². The molecule has 1 N–H and O–H groups in total. The van der Waals surface area contributed by atoms with E-state index in [2.05, 4.69) is 37.0 Å². The van der Waals surface area contributed by atoms with Gasteiger partial charge in [0, 0.05) is 19.3 Å². The molecule has 0 heterocycles. The Morgan fingerprint density at radius 1 is 1.47 bits per heavy atom. The number of anilines is 1. The summed E-state index contributed by atoms with van der Waals surface area (Å²) in [7, 11) is 1.93. The molecule has 0 atom stereocenters. The lowest BCUT2D eigenvalue weighted by atomic mass is 10.1. The van der Waals surface area contributed by atoms with Crippen molar-refractivity contribution in [3.63, 3.8) is 0 Å². The number of amides is 1. The van der Waals surface area contributed by atoms with E-state index in [-0.39, 0.29) is 5.91 Å². The molecule has 3 heteroatoms. The second kappa shape index (κ2) is 6.09. The van der Waals surface area contributed by atoms with Crippen LogP contribution in [-0.2, 0) is 4.79 Å². The van der Waals surface area contributed by atoms with E-state index in [0.29, 0.717) is 13.1 Å². The van der Waals surface area contributed by atoms with Crippen LogP contribution in [0.4, 0.5) is 5.69 Å². The molecule has 0 saturated heterocycles. The molecule has 0 aliphatic carbocycles. The third kappa shape index (κ3) is 3.94. The topological polar surface area (TPSA) is 32.3 Å². The molecule has 0 bridgehead atoms. The number of rotatable bonds is 5. The second-order valence-corrected chi connectivity index (χ2v) is 4.24. The highest BCUT2D eigenvalue weighted by Gasteiger charge is 2.08. The van der Waals surface area contributed by atoms with Crippen LogP contribution >= 0.6 is 0 Å². The van der Waals surface area contributed by atoms with Gasteiger partial charge in [0.15, 0.2) is 0 Å². The zero-order chi connectivity index (χ0) is 12.8. The molecule has 17 heavy (non-hydrogen) atoms. The maximum atomic E-state index is 11.6. The van der Waals surface area contributed by atoms with Crippen molar-refractivity contribution in [2.45, 2.75) is 13.8 Å². The second-order valence-electron chi connectivity index (χ2n) is 4.24. The van der Waals surface area contributed by atoms with Gasteiger partial charge in [-0.3, -0.25) is 4.79 Å². The van der Waals surface area contributed by atoms with Crippen LogP contribution < -0.4 is 10.2 Å². The number of benzene rings is 1. The first-order chi connectivity index (χ1) is 8.04. The monoisotopic (exact) mass is 232 g/mol. The molecule has 1 aromatic carbocycles. The van der Waals surface area contributed by atoms with Crippen molar-refractivity contribution in [1.29, 1.82) is 0 Å². The Bertz CT molecular complexity index is 413. The molecule has 0 saturated carbocycles. The number of hydrogen-bond donors (Lipinski definition) is 1. The summed E-state index contributed by atoms with van der Waals surface area (Å²) in [5.74, 6) is 0.00769. The molecule has 3 nitrogen and oxygen atoms in total. The number of aryl methyl sites for hydroxylation is 2. The zero-order valence-corrected chi connectivity index (χ0v) is 10.8. The molecule has 1 rings (SSSR count). The van der Waals surface area contributed by atoms with Crippen LogP contribution in [-0.4, -0.2) is 26.0 Å². The van der Waals surface area contributed by atoms with Crippen molar-refractivity contribution in [3.05, 3.63) is 42.0 Å². The molecule has 0 aliphatic rings. The summed E-state index contributed by atoms with van der Waals surface area (Å²) in [6.45, 7) is 8.54. The third-order valence-corrected chi connectivity index (χ3v) is 2.60. The van der Waals surface area contributed by atoms with Gasteiger partial charge in [-0.2, -0.15) is 0 Å². The number of carbonyl (C=O) groups is 1. The standard InChI is InChI=1S/C14H20N2O/c1-5-8-15-14(17)10-16(4)13-9-11(2)6-7-12(13)3/h5-7,9H,1,8,10H2,2-4H3,(H,15,17). The summed E-state index contributed by atoms with van der Waals surface area (Å²) in [5.41, 5.74) is 3.47. The van der Waals surface area contributed by atoms with Gasteiger partial charge in [-0.25, -0.2) is 0 Å². The third-order valence-electron chi connectivity index (χ3n) is 2.60. The van der Waals surface area contributed by atoms with Crippen LogP contribution in [0.5, 0.6) is 0 Å². The van der Waals surface area contributed by atoms with E-state index in [9.17, 15) is 4.79 Å². The number of hydrogen-bond acceptors (Lipinski definition) is 2. The largest absolute Gasteiger partial charge is 0.365 e. The zero-order valence-electron chi connectivity index (χ0n) is 10.8. The molecule has 0 aliphatic heterocycles. The van der Waals surface area contributed by atoms with Crippen molar-refractivity contribution in [2.24, 2.45) is 0 Å².